The molecule has 27 heavy (non-hydrogen) atoms. The Balaban J connectivity index is 1.51. The highest BCUT2D eigenvalue weighted by Crippen LogP contribution is 2.22. The van der Waals surface area contributed by atoms with E-state index in [1.165, 1.54) is 0 Å². The number of fused-ring (bicyclic) bond motifs is 1. The maximum atomic E-state index is 12.3. The smallest absolute Gasteiger partial charge is 0.228 e. The van der Waals surface area contributed by atoms with Gasteiger partial charge in [-0.2, -0.15) is 0 Å². The fraction of sp³-hybridized carbons (Fsp3) is 0.273. The maximum absolute atomic E-state index is 12.3. The summed E-state index contributed by atoms with van der Waals surface area (Å²) in [4.78, 5) is 16.6. The summed E-state index contributed by atoms with van der Waals surface area (Å²) in [5.74, 6) is 6.89. The number of nitrogens with zero attached hydrogens (tertiary/aromatic N) is 1. The molecule has 4 nitrogen and oxygen atoms in total. The second-order valence-corrected chi connectivity index (χ2v) is 6.95. The minimum Gasteiger partial charge on any atom is -0.494 e. The van der Waals surface area contributed by atoms with E-state index < -0.39 is 0 Å². The lowest BCUT2D eigenvalue weighted by Gasteiger charge is -2.08. The van der Waals surface area contributed by atoms with Crippen molar-refractivity contribution < 1.29 is 9.53 Å². The Hall–Kier alpha value is -2.84. The van der Waals surface area contributed by atoms with Crippen molar-refractivity contribution in [3.8, 4) is 17.6 Å². The van der Waals surface area contributed by atoms with Crippen LogP contribution in [0.1, 0.15) is 31.7 Å². The SMILES string of the molecule is CCC#CCCCOc1cccc(CC(=O)Nc2ccc3ncsc3c2)c1. The van der Waals surface area contributed by atoms with Gasteiger partial charge < -0.3 is 10.1 Å². The summed E-state index contributed by atoms with van der Waals surface area (Å²) in [5, 5.41) is 2.95. The fourth-order valence-corrected chi connectivity index (χ4v) is 3.35. The minimum atomic E-state index is -0.0501. The van der Waals surface area contributed by atoms with E-state index in [0.717, 1.165) is 46.5 Å². The van der Waals surface area contributed by atoms with Crippen LogP contribution in [0.3, 0.4) is 0 Å². The maximum Gasteiger partial charge on any atom is 0.228 e. The van der Waals surface area contributed by atoms with Crippen LogP contribution in [0, 0.1) is 11.8 Å². The second kappa shape index (κ2) is 9.75. The Kier molecular flexibility index (Phi) is 6.84. The highest BCUT2D eigenvalue weighted by atomic mass is 32.1. The van der Waals surface area contributed by atoms with E-state index in [0.29, 0.717) is 13.0 Å². The molecule has 0 saturated heterocycles. The summed E-state index contributed by atoms with van der Waals surface area (Å²) in [6.45, 7) is 2.67. The molecule has 5 heteroatoms. The zero-order chi connectivity index (χ0) is 18.9. The largest absolute Gasteiger partial charge is 0.494 e. The third-order valence-electron chi connectivity index (χ3n) is 3.89. The van der Waals surface area contributed by atoms with E-state index in [-0.39, 0.29) is 5.91 Å². The topological polar surface area (TPSA) is 51.2 Å². The third kappa shape index (κ3) is 5.83. The van der Waals surface area contributed by atoms with E-state index in [1.54, 1.807) is 16.8 Å². The first-order valence-corrected chi connectivity index (χ1v) is 9.93. The van der Waals surface area contributed by atoms with Crippen molar-refractivity contribution in [1.82, 2.24) is 4.98 Å². The summed E-state index contributed by atoms with van der Waals surface area (Å²) in [7, 11) is 0. The quantitative estimate of drug-likeness (QED) is 0.462. The Morgan fingerprint density at radius 3 is 3.04 bits per heavy atom. The number of amides is 1. The molecule has 1 aromatic heterocycles. The van der Waals surface area contributed by atoms with Crippen molar-refractivity contribution in [2.75, 3.05) is 11.9 Å². The van der Waals surface area contributed by atoms with E-state index in [2.05, 4.69) is 22.1 Å². The van der Waals surface area contributed by atoms with Gasteiger partial charge in [0.25, 0.3) is 0 Å². The molecule has 3 aromatic rings. The molecule has 2 aromatic carbocycles. The molecule has 0 spiro atoms. The molecule has 0 aliphatic carbocycles. The van der Waals surface area contributed by atoms with Gasteiger partial charge in [0.15, 0.2) is 0 Å². The first-order valence-electron chi connectivity index (χ1n) is 9.05. The highest BCUT2D eigenvalue weighted by Gasteiger charge is 2.07. The van der Waals surface area contributed by atoms with Crippen LogP contribution in [0.2, 0.25) is 0 Å². The molecule has 3 rings (SSSR count). The van der Waals surface area contributed by atoms with Crippen molar-refractivity contribution in [1.29, 1.82) is 0 Å². The minimum absolute atomic E-state index is 0.0501. The Bertz CT molecular complexity index is 969. The molecule has 138 valence electrons. The average molecular weight is 378 g/mol. The van der Waals surface area contributed by atoms with Crippen LogP contribution in [-0.2, 0) is 11.2 Å². The summed E-state index contributed by atoms with van der Waals surface area (Å²) < 4.78 is 6.82. The molecule has 0 fully saturated rings. The van der Waals surface area contributed by atoms with Crippen LogP contribution in [0.15, 0.2) is 48.0 Å². The van der Waals surface area contributed by atoms with Crippen LogP contribution in [0.4, 0.5) is 5.69 Å². The number of ether oxygens (including phenoxy) is 1. The molecular weight excluding hydrogens is 356 g/mol. The number of hydrogen-bond donors (Lipinski definition) is 1. The number of unbranched alkanes of at least 4 members (excludes halogenated alkanes) is 1. The van der Waals surface area contributed by atoms with E-state index >= 15 is 0 Å². The standard InChI is InChI=1S/C22H22N2O2S/c1-2-3-4-5-6-12-26-19-9-7-8-17(13-19)14-22(25)24-18-10-11-20-21(15-18)27-16-23-20/h7-11,13,15-16H,2,5-6,12,14H2,1H3,(H,24,25). The van der Waals surface area contributed by atoms with Gasteiger partial charge in [-0.1, -0.05) is 19.1 Å². The number of rotatable bonds is 7. The Morgan fingerprint density at radius 1 is 1.22 bits per heavy atom. The molecule has 0 atom stereocenters. The fourth-order valence-electron chi connectivity index (χ4n) is 2.63. The van der Waals surface area contributed by atoms with Gasteiger partial charge in [-0.3, -0.25) is 4.79 Å². The highest BCUT2D eigenvalue weighted by molar-refractivity contribution is 7.16. The number of thiazole rings is 1. The van der Waals surface area contributed by atoms with Crippen molar-refractivity contribution >= 4 is 33.1 Å². The molecular formula is C22H22N2O2S. The van der Waals surface area contributed by atoms with Crippen LogP contribution in [0.25, 0.3) is 10.2 Å². The van der Waals surface area contributed by atoms with Gasteiger partial charge in [-0.05, 0) is 42.3 Å². The molecule has 1 heterocycles. The molecule has 0 bridgehead atoms. The van der Waals surface area contributed by atoms with Crippen molar-refractivity contribution in [2.24, 2.45) is 0 Å². The second-order valence-electron chi connectivity index (χ2n) is 6.07. The van der Waals surface area contributed by atoms with Crippen LogP contribution in [0.5, 0.6) is 5.75 Å². The van der Waals surface area contributed by atoms with Gasteiger partial charge in [-0.15, -0.1) is 23.2 Å². The average Bonchev–Trinajstić information content (AvgIpc) is 3.12. The zero-order valence-electron chi connectivity index (χ0n) is 15.3. The van der Waals surface area contributed by atoms with E-state index in [1.807, 2.05) is 49.4 Å². The van der Waals surface area contributed by atoms with Gasteiger partial charge in [0.05, 0.1) is 28.8 Å². The van der Waals surface area contributed by atoms with Gasteiger partial charge >= 0.3 is 0 Å². The molecule has 1 N–H and O–H groups in total. The third-order valence-corrected chi connectivity index (χ3v) is 4.69. The van der Waals surface area contributed by atoms with Crippen LogP contribution >= 0.6 is 11.3 Å². The first-order chi connectivity index (χ1) is 13.2. The molecule has 0 aliphatic rings. The van der Waals surface area contributed by atoms with Gasteiger partial charge in [0, 0.05) is 18.5 Å². The van der Waals surface area contributed by atoms with Gasteiger partial charge in [0.1, 0.15) is 5.75 Å². The molecule has 0 radical (unpaired) electrons. The Morgan fingerprint density at radius 2 is 2.15 bits per heavy atom. The summed E-state index contributed by atoms with van der Waals surface area (Å²) >= 11 is 1.56. The number of carbonyl (C=O) groups is 1. The Labute approximate surface area is 163 Å². The lowest BCUT2D eigenvalue weighted by Crippen LogP contribution is -2.14. The normalized spacial score (nSPS) is 10.3. The van der Waals surface area contributed by atoms with E-state index in [4.69, 9.17) is 4.74 Å². The van der Waals surface area contributed by atoms with Crippen molar-refractivity contribution in [3.63, 3.8) is 0 Å². The van der Waals surface area contributed by atoms with Crippen LogP contribution < -0.4 is 10.1 Å². The lowest BCUT2D eigenvalue weighted by atomic mass is 10.1. The predicted octanol–water partition coefficient (Wildman–Crippen LogP) is 5.05. The van der Waals surface area contributed by atoms with Gasteiger partial charge in [-0.25, -0.2) is 4.98 Å². The van der Waals surface area contributed by atoms with Crippen molar-refractivity contribution in [3.05, 3.63) is 53.5 Å². The molecule has 1 amide bonds. The number of hydrogen-bond acceptors (Lipinski definition) is 4. The summed E-state index contributed by atoms with van der Waals surface area (Å²) in [6, 6.07) is 13.4. The first kappa shape index (κ1) is 18.9. The number of anilines is 1. The number of benzene rings is 2. The van der Waals surface area contributed by atoms with Gasteiger partial charge in [0.2, 0.25) is 5.91 Å². The summed E-state index contributed by atoms with van der Waals surface area (Å²) in [5.41, 5.74) is 4.47. The van der Waals surface area contributed by atoms with Crippen LogP contribution in [-0.4, -0.2) is 17.5 Å². The monoisotopic (exact) mass is 378 g/mol. The van der Waals surface area contributed by atoms with E-state index in [9.17, 15) is 4.79 Å². The lowest BCUT2D eigenvalue weighted by molar-refractivity contribution is -0.115. The summed E-state index contributed by atoms with van der Waals surface area (Å²) in [6.07, 6.45) is 2.95. The van der Waals surface area contributed by atoms with Crippen molar-refractivity contribution in [2.45, 2.75) is 32.6 Å². The predicted molar refractivity (Wildman–Crippen MR) is 111 cm³/mol. The number of nitrogens with one attached hydrogen (secondary N) is 1. The molecule has 0 unspecified atom stereocenters. The molecule has 0 saturated carbocycles. The molecule has 0 aliphatic heterocycles. The zero-order valence-corrected chi connectivity index (χ0v) is 16.1. The number of carbonyl (C=O) groups excluding carboxylic acids is 1. The number of aromatic nitrogens is 1.